The fraction of sp³-hybridized carbons (Fsp3) is 0.348. The van der Waals surface area contributed by atoms with Crippen molar-refractivity contribution in [1.29, 1.82) is 0 Å². The first-order chi connectivity index (χ1) is 15.3. The van der Waals surface area contributed by atoms with Crippen LogP contribution in [0.1, 0.15) is 31.7 Å². The number of nitrogens with zero attached hydrogens (tertiary/aromatic N) is 2. The standard InChI is InChI=1S/C23H24ClFN4O3/c1-23(15-5-7-16(25)8-6-15)21(31)29(22(32)27-23)14-20(30)26-17-9-10-19(18(24)13-17)28-11-3-2-4-12-28/h5-10,13H,2-4,11-12,14H2,1H3,(H,26,30)(H,27,32). The summed E-state index contributed by atoms with van der Waals surface area (Å²) in [6, 6.07) is 9.89. The number of nitrogens with one attached hydrogen (secondary N) is 2. The lowest BCUT2D eigenvalue weighted by molar-refractivity contribution is -0.133. The molecule has 4 amide bonds. The average molecular weight is 459 g/mol. The minimum atomic E-state index is -1.37. The van der Waals surface area contributed by atoms with E-state index in [-0.39, 0.29) is 0 Å². The number of imide groups is 1. The van der Waals surface area contributed by atoms with E-state index in [1.807, 2.05) is 6.07 Å². The van der Waals surface area contributed by atoms with Crippen LogP contribution < -0.4 is 15.5 Å². The van der Waals surface area contributed by atoms with Crippen molar-refractivity contribution in [2.45, 2.75) is 31.7 Å². The maximum Gasteiger partial charge on any atom is 0.325 e. The van der Waals surface area contributed by atoms with Gasteiger partial charge in [-0.15, -0.1) is 0 Å². The molecular weight excluding hydrogens is 435 g/mol. The van der Waals surface area contributed by atoms with Crippen LogP contribution in [0.25, 0.3) is 0 Å². The molecule has 0 bridgehead atoms. The lowest BCUT2D eigenvalue weighted by Gasteiger charge is -2.29. The van der Waals surface area contributed by atoms with Crippen molar-refractivity contribution >= 4 is 40.8 Å². The van der Waals surface area contributed by atoms with Gasteiger partial charge in [-0.2, -0.15) is 0 Å². The highest BCUT2D eigenvalue weighted by molar-refractivity contribution is 6.33. The molecular formula is C23H24ClFN4O3. The van der Waals surface area contributed by atoms with Gasteiger partial charge in [-0.1, -0.05) is 23.7 Å². The van der Waals surface area contributed by atoms with Crippen molar-refractivity contribution in [2.75, 3.05) is 29.9 Å². The summed E-state index contributed by atoms with van der Waals surface area (Å²) in [5.41, 5.74) is 0.465. The molecule has 0 aliphatic carbocycles. The Balaban J connectivity index is 1.42. The van der Waals surface area contributed by atoms with E-state index in [0.29, 0.717) is 16.3 Å². The third kappa shape index (κ3) is 4.27. The molecule has 9 heteroatoms. The molecule has 2 N–H and O–H groups in total. The molecule has 0 aromatic heterocycles. The number of amides is 4. The molecule has 168 valence electrons. The van der Waals surface area contributed by atoms with Gasteiger partial charge in [0.1, 0.15) is 17.9 Å². The average Bonchev–Trinajstić information content (AvgIpc) is 2.98. The number of hydrogen-bond acceptors (Lipinski definition) is 4. The van der Waals surface area contributed by atoms with Crippen molar-refractivity contribution < 1.29 is 18.8 Å². The van der Waals surface area contributed by atoms with E-state index in [1.54, 1.807) is 12.1 Å². The Hall–Kier alpha value is -3.13. The van der Waals surface area contributed by atoms with Gasteiger partial charge in [-0.3, -0.25) is 14.5 Å². The summed E-state index contributed by atoms with van der Waals surface area (Å²) in [7, 11) is 0. The minimum Gasteiger partial charge on any atom is -0.370 e. The molecule has 1 atom stereocenters. The fourth-order valence-corrected chi connectivity index (χ4v) is 4.44. The summed E-state index contributed by atoms with van der Waals surface area (Å²) in [6.07, 6.45) is 3.46. The Bertz CT molecular complexity index is 1060. The Morgan fingerprint density at radius 3 is 2.47 bits per heavy atom. The summed E-state index contributed by atoms with van der Waals surface area (Å²) in [5, 5.41) is 5.82. The van der Waals surface area contributed by atoms with E-state index in [9.17, 15) is 18.8 Å². The Kier molecular flexibility index (Phi) is 6.06. The van der Waals surface area contributed by atoms with E-state index in [0.717, 1.165) is 36.5 Å². The second-order valence-corrected chi connectivity index (χ2v) is 8.62. The van der Waals surface area contributed by atoms with Crippen LogP contribution in [0.2, 0.25) is 5.02 Å². The van der Waals surface area contributed by atoms with Crippen LogP contribution in [0.4, 0.5) is 20.6 Å². The third-order valence-corrected chi connectivity index (χ3v) is 6.23. The maximum absolute atomic E-state index is 13.2. The topological polar surface area (TPSA) is 81.8 Å². The summed E-state index contributed by atoms with van der Waals surface area (Å²) in [4.78, 5) is 41.0. The number of urea groups is 1. The van der Waals surface area contributed by atoms with Crippen LogP contribution in [-0.4, -0.2) is 42.4 Å². The van der Waals surface area contributed by atoms with E-state index in [4.69, 9.17) is 11.6 Å². The van der Waals surface area contributed by atoms with Gasteiger partial charge in [0.15, 0.2) is 0 Å². The number of halogens is 2. The smallest absolute Gasteiger partial charge is 0.325 e. The van der Waals surface area contributed by atoms with Crippen LogP contribution in [0.5, 0.6) is 0 Å². The molecule has 1 unspecified atom stereocenters. The van der Waals surface area contributed by atoms with Crippen LogP contribution >= 0.6 is 11.6 Å². The van der Waals surface area contributed by atoms with Gasteiger partial charge >= 0.3 is 6.03 Å². The SMILES string of the molecule is CC1(c2ccc(F)cc2)NC(=O)N(CC(=O)Nc2ccc(N3CCCCC3)c(Cl)c2)C1=O. The number of piperidine rings is 1. The second kappa shape index (κ2) is 8.78. The summed E-state index contributed by atoms with van der Waals surface area (Å²) in [6.45, 7) is 2.97. The molecule has 32 heavy (non-hydrogen) atoms. The molecule has 2 fully saturated rings. The molecule has 2 saturated heterocycles. The highest BCUT2D eigenvalue weighted by Gasteiger charge is 2.49. The Morgan fingerprint density at radius 1 is 1.12 bits per heavy atom. The molecule has 2 aliphatic rings. The molecule has 2 aliphatic heterocycles. The van der Waals surface area contributed by atoms with Crippen molar-refractivity contribution in [3.05, 3.63) is 58.9 Å². The first-order valence-electron chi connectivity index (χ1n) is 10.5. The molecule has 0 radical (unpaired) electrons. The molecule has 2 aromatic carbocycles. The molecule has 4 rings (SSSR count). The first kappa shape index (κ1) is 22.1. The predicted octanol–water partition coefficient (Wildman–Crippen LogP) is 3.88. The van der Waals surface area contributed by atoms with Gasteiger partial charge in [0, 0.05) is 18.8 Å². The number of carbonyl (C=O) groups is 3. The first-order valence-corrected chi connectivity index (χ1v) is 10.9. The lowest BCUT2D eigenvalue weighted by atomic mass is 9.92. The van der Waals surface area contributed by atoms with Crippen LogP contribution in [-0.2, 0) is 15.1 Å². The molecule has 0 saturated carbocycles. The molecule has 2 aromatic rings. The number of hydrogen-bond donors (Lipinski definition) is 2. The monoisotopic (exact) mass is 458 g/mol. The largest absolute Gasteiger partial charge is 0.370 e. The van der Waals surface area contributed by atoms with Gasteiger partial charge in [0.05, 0.1) is 10.7 Å². The molecule has 7 nitrogen and oxygen atoms in total. The van der Waals surface area contributed by atoms with Gasteiger partial charge in [-0.05, 0) is 62.1 Å². The number of carbonyl (C=O) groups excluding carboxylic acids is 3. The summed E-state index contributed by atoms with van der Waals surface area (Å²) >= 11 is 6.43. The highest BCUT2D eigenvalue weighted by atomic mass is 35.5. The lowest BCUT2D eigenvalue weighted by Crippen LogP contribution is -2.42. The number of rotatable bonds is 5. The number of anilines is 2. The molecule has 2 heterocycles. The Labute approximate surface area is 190 Å². The summed E-state index contributed by atoms with van der Waals surface area (Å²) < 4.78 is 13.2. The predicted molar refractivity (Wildman–Crippen MR) is 120 cm³/mol. The summed E-state index contributed by atoms with van der Waals surface area (Å²) in [5.74, 6) is -1.56. The zero-order chi connectivity index (χ0) is 22.9. The zero-order valence-corrected chi connectivity index (χ0v) is 18.4. The molecule has 0 spiro atoms. The Morgan fingerprint density at radius 2 is 1.81 bits per heavy atom. The zero-order valence-electron chi connectivity index (χ0n) is 17.7. The minimum absolute atomic E-state index is 0.431. The highest BCUT2D eigenvalue weighted by Crippen LogP contribution is 2.31. The van der Waals surface area contributed by atoms with Crippen LogP contribution in [0, 0.1) is 5.82 Å². The van der Waals surface area contributed by atoms with Crippen molar-refractivity contribution in [3.63, 3.8) is 0 Å². The van der Waals surface area contributed by atoms with E-state index in [1.165, 1.54) is 37.6 Å². The third-order valence-electron chi connectivity index (χ3n) is 5.93. The van der Waals surface area contributed by atoms with Gasteiger partial charge in [-0.25, -0.2) is 9.18 Å². The van der Waals surface area contributed by atoms with Gasteiger partial charge < -0.3 is 15.5 Å². The van der Waals surface area contributed by atoms with E-state index in [2.05, 4.69) is 15.5 Å². The van der Waals surface area contributed by atoms with Crippen molar-refractivity contribution in [3.8, 4) is 0 Å². The van der Waals surface area contributed by atoms with Gasteiger partial charge in [0.25, 0.3) is 5.91 Å². The van der Waals surface area contributed by atoms with E-state index >= 15 is 0 Å². The van der Waals surface area contributed by atoms with Crippen LogP contribution in [0.15, 0.2) is 42.5 Å². The quantitative estimate of drug-likeness (QED) is 0.666. The second-order valence-electron chi connectivity index (χ2n) is 8.22. The number of benzene rings is 2. The van der Waals surface area contributed by atoms with Crippen LogP contribution in [0.3, 0.4) is 0 Å². The maximum atomic E-state index is 13.2. The van der Waals surface area contributed by atoms with Crippen molar-refractivity contribution in [1.82, 2.24) is 10.2 Å². The van der Waals surface area contributed by atoms with Crippen molar-refractivity contribution in [2.24, 2.45) is 0 Å². The fourth-order valence-electron chi connectivity index (χ4n) is 4.14. The normalized spacial score (nSPS) is 21.0. The van der Waals surface area contributed by atoms with Gasteiger partial charge in [0.2, 0.25) is 5.91 Å². The van der Waals surface area contributed by atoms with E-state index < -0.39 is 35.7 Å².